The second kappa shape index (κ2) is 6.30. The average molecular weight is 388 g/mol. The summed E-state index contributed by atoms with van der Waals surface area (Å²) in [4.78, 5) is 10.8. The van der Waals surface area contributed by atoms with E-state index in [2.05, 4.69) is 31.9 Å². The van der Waals surface area contributed by atoms with E-state index < -0.39 is 0 Å². The topological polar surface area (TPSA) is 26.3 Å². The molecule has 0 saturated carbocycles. The zero-order valence-corrected chi connectivity index (χ0v) is 12.9. The third-order valence-corrected chi connectivity index (χ3v) is 3.60. The van der Waals surface area contributed by atoms with Crippen LogP contribution < -0.4 is 4.74 Å². The van der Waals surface area contributed by atoms with E-state index in [4.69, 9.17) is 4.74 Å². The van der Waals surface area contributed by atoms with E-state index >= 15 is 0 Å². The van der Waals surface area contributed by atoms with Crippen molar-refractivity contribution in [2.75, 3.05) is 0 Å². The lowest BCUT2D eigenvalue weighted by Crippen LogP contribution is -1.97. The van der Waals surface area contributed by atoms with Gasteiger partial charge in [-0.1, -0.05) is 31.9 Å². The Morgan fingerprint density at radius 1 is 1.16 bits per heavy atom. The molecule has 2 rings (SSSR count). The minimum absolute atomic E-state index is 0.232. The van der Waals surface area contributed by atoms with Crippen LogP contribution in [-0.2, 0) is 6.61 Å². The normalized spacial score (nSPS) is 10.3. The lowest BCUT2D eigenvalue weighted by Gasteiger charge is -2.08. The van der Waals surface area contributed by atoms with Crippen molar-refractivity contribution in [3.63, 3.8) is 0 Å². The van der Waals surface area contributed by atoms with E-state index in [-0.39, 0.29) is 12.4 Å². The number of carbonyl (C=O) groups is 1. The van der Waals surface area contributed by atoms with Crippen LogP contribution in [0.1, 0.15) is 15.9 Å². The van der Waals surface area contributed by atoms with Crippen molar-refractivity contribution in [2.24, 2.45) is 0 Å². The minimum atomic E-state index is -0.322. The van der Waals surface area contributed by atoms with Gasteiger partial charge in [0, 0.05) is 14.5 Å². The molecule has 0 fully saturated rings. The van der Waals surface area contributed by atoms with E-state index in [9.17, 15) is 9.18 Å². The smallest absolute Gasteiger partial charge is 0.151 e. The molecule has 2 aromatic rings. The fourth-order valence-electron chi connectivity index (χ4n) is 1.56. The molecule has 0 amide bonds. The summed E-state index contributed by atoms with van der Waals surface area (Å²) in [6.07, 6.45) is 0.746. The van der Waals surface area contributed by atoms with Crippen LogP contribution in [0, 0.1) is 5.82 Å². The van der Waals surface area contributed by atoms with Gasteiger partial charge in [-0.3, -0.25) is 4.79 Å². The van der Waals surface area contributed by atoms with Crippen LogP contribution >= 0.6 is 31.9 Å². The Morgan fingerprint density at radius 3 is 2.63 bits per heavy atom. The van der Waals surface area contributed by atoms with Crippen LogP contribution in [0.15, 0.2) is 45.3 Å². The first-order valence-corrected chi connectivity index (χ1v) is 6.99. The lowest BCUT2D eigenvalue weighted by molar-refractivity contribution is 0.112. The molecule has 0 unspecified atom stereocenters. The first-order chi connectivity index (χ1) is 9.08. The van der Waals surface area contributed by atoms with E-state index in [1.54, 1.807) is 24.3 Å². The van der Waals surface area contributed by atoms with E-state index in [0.717, 1.165) is 6.29 Å². The van der Waals surface area contributed by atoms with Gasteiger partial charge in [0.1, 0.15) is 18.2 Å². The Balaban J connectivity index is 2.12. The van der Waals surface area contributed by atoms with Crippen LogP contribution in [0.2, 0.25) is 0 Å². The van der Waals surface area contributed by atoms with Gasteiger partial charge in [0.2, 0.25) is 0 Å². The Bertz CT molecular complexity index is 594. The van der Waals surface area contributed by atoms with Gasteiger partial charge in [0.25, 0.3) is 0 Å². The monoisotopic (exact) mass is 386 g/mol. The van der Waals surface area contributed by atoms with Gasteiger partial charge < -0.3 is 4.74 Å². The van der Waals surface area contributed by atoms with Crippen LogP contribution in [-0.4, -0.2) is 6.29 Å². The van der Waals surface area contributed by atoms with Crippen LogP contribution in [0.5, 0.6) is 5.75 Å². The Morgan fingerprint density at radius 2 is 1.95 bits per heavy atom. The third kappa shape index (κ3) is 3.88. The average Bonchev–Trinajstić information content (AvgIpc) is 2.36. The van der Waals surface area contributed by atoms with Gasteiger partial charge in [-0.25, -0.2) is 4.39 Å². The first kappa shape index (κ1) is 14.2. The molecule has 0 aliphatic carbocycles. The molecule has 19 heavy (non-hydrogen) atoms. The number of hydrogen-bond acceptors (Lipinski definition) is 2. The van der Waals surface area contributed by atoms with Gasteiger partial charge in [-0.2, -0.15) is 0 Å². The molecular weight excluding hydrogens is 379 g/mol. The van der Waals surface area contributed by atoms with Gasteiger partial charge in [0.15, 0.2) is 6.29 Å². The van der Waals surface area contributed by atoms with Crippen molar-refractivity contribution in [3.05, 3.63) is 62.3 Å². The molecule has 0 aliphatic heterocycles. The fraction of sp³-hybridized carbons (Fsp3) is 0.0714. The summed E-state index contributed by atoms with van der Waals surface area (Å²) in [6, 6.07) is 9.68. The van der Waals surface area contributed by atoms with Gasteiger partial charge in [-0.05, 0) is 42.0 Å². The van der Waals surface area contributed by atoms with Gasteiger partial charge >= 0.3 is 0 Å². The van der Waals surface area contributed by atoms with Crippen molar-refractivity contribution >= 4 is 38.1 Å². The summed E-state index contributed by atoms with van der Waals surface area (Å²) in [5.74, 6) is 0.239. The van der Waals surface area contributed by atoms with Crippen LogP contribution in [0.3, 0.4) is 0 Å². The summed E-state index contributed by atoms with van der Waals surface area (Å²) in [5.41, 5.74) is 1.22. The van der Waals surface area contributed by atoms with E-state index in [1.807, 2.05) is 0 Å². The lowest BCUT2D eigenvalue weighted by atomic mass is 10.2. The highest BCUT2D eigenvalue weighted by atomic mass is 79.9. The van der Waals surface area contributed by atoms with Gasteiger partial charge in [-0.15, -0.1) is 0 Å². The number of halogens is 3. The highest BCUT2D eigenvalue weighted by molar-refractivity contribution is 9.10. The molecule has 98 valence electrons. The zero-order chi connectivity index (χ0) is 13.8. The van der Waals surface area contributed by atoms with Crippen molar-refractivity contribution in [1.29, 1.82) is 0 Å². The van der Waals surface area contributed by atoms with E-state index in [1.165, 1.54) is 12.1 Å². The summed E-state index contributed by atoms with van der Waals surface area (Å²) in [5, 5.41) is 0. The summed E-state index contributed by atoms with van der Waals surface area (Å²) in [6.45, 7) is 0.232. The molecule has 0 bridgehead atoms. The SMILES string of the molecule is O=Cc1cc(OCc2cc(F)cc(Br)c2)ccc1Br. The summed E-state index contributed by atoms with van der Waals surface area (Å²) < 4.78 is 20.1. The molecule has 0 aliphatic rings. The first-order valence-electron chi connectivity index (χ1n) is 5.41. The Labute approximate surface area is 126 Å². The molecule has 0 aromatic heterocycles. The van der Waals surface area contributed by atoms with Crippen LogP contribution in [0.4, 0.5) is 4.39 Å². The van der Waals surface area contributed by atoms with Crippen molar-refractivity contribution < 1.29 is 13.9 Å². The number of rotatable bonds is 4. The van der Waals surface area contributed by atoms with Crippen molar-refractivity contribution in [1.82, 2.24) is 0 Å². The fourth-order valence-corrected chi connectivity index (χ4v) is 2.42. The molecular formula is C14H9Br2FO2. The predicted molar refractivity (Wildman–Crippen MR) is 78.0 cm³/mol. The molecule has 0 spiro atoms. The molecule has 0 saturated heterocycles. The molecule has 0 N–H and O–H groups in total. The maximum atomic E-state index is 13.2. The maximum Gasteiger partial charge on any atom is 0.151 e. The Hall–Kier alpha value is -1.20. The summed E-state index contributed by atoms with van der Waals surface area (Å²) in [7, 11) is 0. The van der Waals surface area contributed by atoms with E-state index in [0.29, 0.717) is 25.8 Å². The zero-order valence-electron chi connectivity index (χ0n) is 9.70. The standard InChI is InChI=1S/C14H9Br2FO2/c15-11-3-9(4-12(17)6-11)8-19-13-1-2-14(16)10(5-13)7-18/h1-7H,8H2. The molecule has 0 heterocycles. The summed E-state index contributed by atoms with van der Waals surface area (Å²) >= 11 is 6.49. The molecule has 0 radical (unpaired) electrons. The predicted octanol–water partition coefficient (Wildman–Crippen LogP) is 4.74. The molecule has 2 aromatic carbocycles. The highest BCUT2D eigenvalue weighted by Crippen LogP contribution is 2.22. The number of aldehydes is 1. The maximum absolute atomic E-state index is 13.2. The highest BCUT2D eigenvalue weighted by Gasteiger charge is 2.03. The van der Waals surface area contributed by atoms with Gasteiger partial charge in [0.05, 0.1) is 0 Å². The molecule has 2 nitrogen and oxygen atoms in total. The largest absolute Gasteiger partial charge is 0.489 e. The Kier molecular flexibility index (Phi) is 4.71. The van der Waals surface area contributed by atoms with Crippen molar-refractivity contribution in [2.45, 2.75) is 6.61 Å². The minimum Gasteiger partial charge on any atom is -0.489 e. The second-order valence-electron chi connectivity index (χ2n) is 3.87. The second-order valence-corrected chi connectivity index (χ2v) is 5.64. The third-order valence-electron chi connectivity index (χ3n) is 2.42. The van der Waals surface area contributed by atoms with Crippen LogP contribution in [0.25, 0.3) is 0 Å². The molecule has 0 atom stereocenters. The number of carbonyl (C=O) groups excluding carboxylic acids is 1. The number of benzene rings is 2. The number of ether oxygens (including phenoxy) is 1. The molecule has 5 heteroatoms. The number of hydrogen-bond donors (Lipinski definition) is 0. The van der Waals surface area contributed by atoms with Crippen molar-refractivity contribution in [3.8, 4) is 5.75 Å². The quantitative estimate of drug-likeness (QED) is 0.708.